The van der Waals surface area contributed by atoms with Crippen molar-refractivity contribution in [1.82, 2.24) is 20.6 Å². The van der Waals surface area contributed by atoms with Gasteiger partial charge in [0, 0.05) is 31.3 Å². The lowest BCUT2D eigenvalue weighted by Gasteiger charge is -2.32. The van der Waals surface area contributed by atoms with Gasteiger partial charge in [-0.25, -0.2) is 9.36 Å². The van der Waals surface area contributed by atoms with Gasteiger partial charge in [0.05, 0.1) is 44.0 Å². The van der Waals surface area contributed by atoms with Crippen molar-refractivity contribution in [3.05, 3.63) is 71.0 Å². The molecule has 3 atom stereocenters. The van der Waals surface area contributed by atoms with Crippen LogP contribution in [0.1, 0.15) is 84.9 Å². The number of rotatable bonds is 21. The Hall–Kier alpha value is -4.69. The minimum absolute atomic E-state index is 0.0475. The van der Waals surface area contributed by atoms with Crippen LogP contribution in [0.3, 0.4) is 0 Å². The first kappa shape index (κ1) is 42.1. The second-order valence-electron chi connectivity index (χ2n) is 12.8. The molecule has 3 aromatic rings. The van der Waals surface area contributed by atoms with Gasteiger partial charge in [0.15, 0.2) is 5.76 Å². The lowest BCUT2D eigenvalue weighted by Crippen LogP contribution is -2.49. The van der Waals surface area contributed by atoms with Gasteiger partial charge >= 0.3 is 14.2 Å². The molecule has 3 N–H and O–H groups in total. The number of benzene rings is 2. The number of carbonyl (C=O) groups is 4. The number of carbonyl (C=O) groups excluding carboxylic acids is 4. The summed E-state index contributed by atoms with van der Waals surface area (Å²) in [5, 5.41) is 6.28. The van der Waals surface area contributed by atoms with Gasteiger partial charge in [-0.1, -0.05) is 45.2 Å². The predicted molar refractivity (Wildman–Crippen MR) is 200 cm³/mol. The minimum atomic E-state index is -3.27. The summed E-state index contributed by atoms with van der Waals surface area (Å²) in [6, 6.07) is 12.3. The van der Waals surface area contributed by atoms with E-state index in [9.17, 15) is 28.6 Å². The lowest BCUT2D eigenvalue weighted by atomic mass is 9.90. The van der Waals surface area contributed by atoms with Crippen molar-refractivity contribution in [1.29, 1.82) is 0 Å². The van der Waals surface area contributed by atoms with E-state index in [-0.39, 0.29) is 23.9 Å². The SMILES string of the molecule is CCCCCC(C(=O)NCNC(=O)c1ccc(-c2cc(OCC)cc(O[PH](=O)O)c2)o1)C(CC)N(C=O)OC(=O)c1ccc(CN2CCOCC2)cc1C. The third-order valence-corrected chi connectivity index (χ3v) is 9.41. The second-order valence-corrected chi connectivity index (χ2v) is 13.6. The van der Waals surface area contributed by atoms with Crippen molar-refractivity contribution in [3.8, 4) is 22.8 Å². The predicted octanol–water partition coefficient (Wildman–Crippen LogP) is 5.26. The second kappa shape index (κ2) is 21.3. The van der Waals surface area contributed by atoms with E-state index in [1.807, 2.05) is 26.0 Å². The average Bonchev–Trinajstić information content (AvgIpc) is 3.65. The number of aryl methyl sites for hydroxylation is 1. The highest BCUT2D eigenvalue weighted by Gasteiger charge is 2.34. The van der Waals surface area contributed by atoms with Gasteiger partial charge < -0.3 is 38.8 Å². The summed E-state index contributed by atoms with van der Waals surface area (Å²) in [6.07, 6.45) is 3.63. The zero-order chi connectivity index (χ0) is 39.0. The van der Waals surface area contributed by atoms with Crippen molar-refractivity contribution >= 4 is 32.4 Å². The Morgan fingerprint density at radius 3 is 2.44 bits per heavy atom. The first-order valence-electron chi connectivity index (χ1n) is 18.3. The van der Waals surface area contributed by atoms with E-state index in [1.54, 1.807) is 32.0 Å². The van der Waals surface area contributed by atoms with Gasteiger partial charge in [-0.05, 0) is 68.1 Å². The molecule has 0 aliphatic carbocycles. The molecule has 3 amide bonds. The average molecular weight is 771 g/mol. The monoisotopic (exact) mass is 770 g/mol. The van der Waals surface area contributed by atoms with E-state index in [1.165, 1.54) is 18.2 Å². The number of nitrogens with zero attached hydrogens (tertiary/aromatic N) is 2. The Bertz CT molecular complexity index is 1740. The number of hydroxylamine groups is 2. The van der Waals surface area contributed by atoms with E-state index in [2.05, 4.69) is 15.5 Å². The number of morpholine rings is 1. The summed E-state index contributed by atoms with van der Waals surface area (Å²) < 4.78 is 32.9. The molecule has 1 aliphatic heterocycles. The maximum absolute atomic E-state index is 13.6. The smallest absolute Gasteiger partial charge is 0.365 e. The third kappa shape index (κ3) is 12.2. The highest BCUT2D eigenvalue weighted by Crippen LogP contribution is 2.34. The van der Waals surface area contributed by atoms with Crippen LogP contribution in [0.2, 0.25) is 0 Å². The number of unbranched alkanes of at least 4 members (excludes halogenated alkanes) is 2. The van der Waals surface area contributed by atoms with Crippen LogP contribution in [-0.4, -0.2) is 84.7 Å². The van der Waals surface area contributed by atoms with Crippen molar-refractivity contribution in [2.75, 3.05) is 39.6 Å². The molecule has 3 unspecified atom stereocenters. The lowest BCUT2D eigenvalue weighted by molar-refractivity contribution is -0.171. The van der Waals surface area contributed by atoms with E-state index < -0.39 is 38.0 Å². The number of amides is 3. The van der Waals surface area contributed by atoms with Gasteiger partial charge in [-0.2, -0.15) is 5.06 Å². The zero-order valence-electron chi connectivity index (χ0n) is 31.3. The Kier molecular flexibility index (Phi) is 16.6. The number of hydrogen-bond donors (Lipinski definition) is 3. The highest BCUT2D eigenvalue weighted by molar-refractivity contribution is 7.32. The normalized spacial score (nSPS) is 14.7. The fourth-order valence-corrected chi connectivity index (χ4v) is 6.63. The summed E-state index contributed by atoms with van der Waals surface area (Å²) in [5.41, 5.74) is 2.52. The van der Waals surface area contributed by atoms with Gasteiger partial charge in [0.25, 0.3) is 5.91 Å². The molecule has 1 saturated heterocycles. The van der Waals surface area contributed by atoms with Gasteiger partial charge in [0.2, 0.25) is 12.3 Å². The topological polar surface area (TPSA) is 186 Å². The molecular weight excluding hydrogens is 719 g/mol. The molecular formula is C38H51N4O11P. The van der Waals surface area contributed by atoms with Crippen molar-refractivity contribution in [3.63, 3.8) is 0 Å². The van der Waals surface area contributed by atoms with Gasteiger partial charge in [0.1, 0.15) is 17.3 Å². The van der Waals surface area contributed by atoms with Crippen LogP contribution in [0.4, 0.5) is 0 Å². The van der Waals surface area contributed by atoms with Crippen LogP contribution in [0.25, 0.3) is 11.3 Å². The van der Waals surface area contributed by atoms with E-state index in [0.29, 0.717) is 67.9 Å². The number of furan rings is 1. The first-order chi connectivity index (χ1) is 26.1. The number of hydrogen-bond acceptors (Lipinski definition) is 11. The fraction of sp³-hybridized carbons (Fsp3) is 0.474. The van der Waals surface area contributed by atoms with E-state index in [4.69, 9.17) is 23.3 Å². The Morgan fingerprint density at radius 1 is 1.02 bits per heavy atom. The van der Waals surface area contributed by atoms with Crippen LogP contribution < -0.4 is 19.9 Å². The molecule has 0 bridgehead atoms. The highest BCUT2D eigenvalue weighted by atomic mass is 31.1. The zero-order valence-corrected chi connectivity index (χ0v) is 32.3. The fourth-order valence-electron chi connectivity index (χ4n) is 6.31. The summed E-state index contributed by atoms with van der Waals surface area (Å²) in [4.78, 5) is 69.5. The molecule has 0 spiro atoms. The molecule has 2 heterocycles. The van der Waals surface area contributed by atoms with Crippen molar-refractivity contribution < 1.29 is 51.9 Å². The van der Waals surface area contributed by atoms with Crippen LogP contribution in [0.15, 0.2) is 52.9 Å². The van der Waals surface area contributed by atoms with Gasteiger partial charge in [-0.3, -0.25) is 19.3 Å². The first-order valence-corrected chi connectivity index (χ1v) is 19.5. The molecule has 54 heavy (non-hydrogen) atoms. The van der Waals surface area contributed by atoms with Crippen molar-refractivity contribution in [2.45, 2.75) is 72.4 Å². The quantitative estimate of drug-likeness (QED) is 0.0421. The van der Waals surface area contributed by atoms with Crippen molar-refractivity contribution in [2.24, 2.45) is 5.92 Å². The summed E-state index contributed by atoms with van der Waals surface area (Å²) in [5.74, 6) is -1.77. The molecule has 4 rings (SSSR count). The molecule has 0 saturated carbocycles. The molecule has 1 aromatic heterocycles. The van der Waals surface area contributed by atoms with Crippen LogP contribution >= 0.6 is 8.25 Å². The maximum atomic E-state index is 13.6. The molecule has 294 valence electrons. The number of nitrogens with one attached hydrogen (secondary N) is 2. The molecule has 0 radical (unpaired) electrons. The Labute approximate surface area is 316 Å². The summed E-state index contributed by atoms with van der Waals surface area (Å²) >= 11 is 0. The Balaban J connectivity index is 1.39. The largest absolute Gasteiger partial charge is 0.494 e. The molecule has 1 fully saturated rings. The Morgan fingerprint density at radius 2 is 1.78 bits per heavy atom. The van der Waals surface area contributed by atoms with Gasteiger partial charge in [-0.15, -0.1) is 0 Å². The van der Waals surface area contributed by atoms with Crippen LogP contribution in [-0.2, 0) is 30.3 Å². The van der Waals surface area contributed by atoms with Crippen LogP contribution in [0, 0.1) is 12.8 Å². The molecule has 15 nitrogen and oxygen atoms in total. The van der Waals surface area contributed by atoms with E-state index >= 15 is 0 Å². The third-order valence-electron chi connectivity index (χ3n) is 9.00. The number of ether oxygens (including phenoxy) is 2. The molecule has 16 heteroatoms. The van der Waals surface area contributed by atoms with Crippen LogP contribution in [0.5, 0.6) is 11.5 Å². The summed E-state index contributed by atoms with van der Waals surface area (Å²) in [6.45, 7) is 11.3. The summed E-state index contributed by atoms with van der Waals surface area (Å²) in [7, 11) is -3.27. The maximum Gasteiger partial charge on any atom is 0.365 e. The minimum Gasteiger partial charge on any atom is -0.494 e. The molecule has 1 aliphatic rings. The van der Waals surface area contributed by atoms with E-state index in [0.717, 1.165) is 43.1 Å². The molecule has 2 aromatic carbocycles. The standard InChI is InChI=1S/C38H51N4O11P/c1-5-8-9-10-32(33(6-2)42(25-43)52-38(46)31-12-11-27(19-26(31)4)23-41-15-17-49-18-16-41)36(44)39-24-40-37(45)35-14-13-34(51-35)28-20-29(50-7-3)22-30(21-28)53-54(47)48/h11-14,19-22,25,32-33,54H,5-10,15-18,23-24H2,1-4H3,(H,39,44)(H,40,45)(H,47,48).